The monoisotopic (exact) mass is 192 g/mol. The molecule has 14 heavy (non-hydrogen) atoms. The predicted octanol–water partition coefficient (Wildman–Crippen LogP) is 2.11. The second-order valence-corrected chi connectivity index (χ2v) is 2.64. The minimum Gasteiger partial charge on any atom is -0.284 e. The van der Waals surface area contributed by atoms with Crippen LogP contribution in [0.4, 0.5) is 4.39 Å². The van der Waals surface area contributed by atoms with Gasteiger partial charge in [-0.25, -0.2) is 4.39 Å². The Morgan fingerprint density at radius 3 is 2.64 bits per heavy atom. The van der Waals surface area contributed by atoms with Gasteiger partial charge in [0.2, 0.25) is 0 Å². The fraction of sp³-hybridized carbons (Fsp3) is 0. The predicted molar refractivity (Wildman–Crippen MR) is 52.2 cm³/mol. The molecular weight excluding hydrogens is 181 g/mol. The van der Waals surface area contributed by atoms with E-state index >= 15 is 0 Å². The van der Waals surface area contributed by atoms with E-state index in [0.29, 0.717) is 16.0 Å². The highest BCUT2D eigenvalue weighted by atomic mass is 19.1. The minimum absolute atomic E-state index is 0.460. The van der Waals surface area contributed by atoms with Crippen molar-refractivity contribution in [1.29, 1.82) is 0 Å². The fourth-order valence-electron chi connectivity index (χ4n) is 1.08. The SMILES string of the molecule is C=C/C=C(\C=C)c1ccc(F)c[n+]1O. The van der Waals surface area contributed by atoms with Crippen molar-refractivity contribution in [2.75, 3.05) is 0 Å². The molecule has 0 atom stereocenters. The molecule has 72 valence electrons. The number of rotatable bonds is 3. The van der Waals surface area contributed by atoms with Gasteiger partial charge in [0.1, 0.15) is 0 Å². The van der Waals surface area contributed by atoms with Crippen molar-refractivity contribution in [3.8, 4) is 0 Å². The Bertz CT molecular complexity index is 396. The first-order valence-electron chi connectivity index (χ1n) is 4.05. The Labute approximate surface area is 81.9 Å². The van der Waals surface area contributed by atoms with Gasteiger partial charge in [-0.3, -0.25) is 5.21 Å². The van der Waals surface area contributed by atoms with Crippen molar-refractivity contribution in [3.63, 3.8) is 0 Å². The summed E-state index contributed by atoms with van der Waals surface area (Å²) in [5, 5.41) is 9.37. The lowest BCUT2D eigenvalue weighted by atomic mass is 10.1. The molecule has 1 aromatic rings. The van der Waals surface area contributed by atoms with Crippen molar-refractivity contribution in [1.82, 2.24) is 0 Å². The van der Waals surface area contributed by atoms with Crippen LogP contribution in [0.2, 0.25) is 0 Å². The molecule has 1 heterocycles. The van der Waals surface area contributed by atoms with Gasteiger partial charge in [0, 0.05) is 10.8 Å². The molecule has 0 aliphatic heterocycles. The largest absolute Gasteiger partial charge is 0.284 e. The second-order valence-electron chi connectivity index (χ2n) is 2.64. The third-order valence-corrected chi connectivity index (χ3v) is 1.71. The summed E-state index contributed by atoms with van der Waals surface area (Å²) in [6.45, 7) is 7.12. The zero-order chi connectivity index (χ0) is 10.6. The van der Waals surface area contributed by atoms with Crippen molar-refractivity contribution >= 4 is 5.57 Å². The number of hydrogen-bond donors (Lipinski definition) is 1. The lowest BCUT2D eigenvalue weighted by Gasteiger charge is -1.96. The van der Waals surface area contributed by atoms with E-state index in [0.717, 1.165) is 6.20 Å². The molecule has 0 aliphatic rings. The van der Waals surface area contributed by atoms with Gasteiger partial charge < -0.3 is 0 Å². The average Bonchev–Trinajstić information content (AvgIpc) is 2.15. The lowest BCUT2D eigenvalue weighted by molar-refractivity contribution is -0.907. The summed E-state index contributed by atoms with van der Waals surface area (Å²) < 4.78 is 13.4. The third kappa shape index (κ3) is 2.07. The van der Waals surface area contributed by atoms with E-state index in [1.807, 2.05) is 0 Å². The first kappa shape index (κ1) is 10.2. The van der Waals surface area contributed by atoms with Gasteiger partial charge in [-0.2, -0.15) is 0 Å². The van der Waals surface area contributed by atoms with Crippen LogP contribution in [0.15, 0.2) is 49.7 Å². The molecule has 0 unspecified atom stereocenters. The first-order valence-corrected chi connectivity index (χ1v) is 4.05. The van der Waals surface area contributed by atoms with Crippen LogP contribution in [0.25, 0.3) is 5.57 Å². The Morgan fingerprint density at radius 1 is 1.43 bits per heavy atom. The molecule has 1 N–H and O–H groups in total. The highest BCUT2D eigenvalue weighted by Crippen LogP contribution is 2.10. The molecule has 1 aromatic heterocycles. The van der Waals surface area contributed by atoms with Crippen LogP contribution in [-0.2, 0) is 0 Å². The maximum absolute atomic E-state index is 12.7. The van der Waals surface area contributed by atoms with E-state index in [9.17, 15) is 9.60 Å². The number of allylic oxidation sites excluding steroid dienone is 4. The molecule has 3 heteroatoms. The normalized spacial score (nSPS) is 11.1. The Morgan fingerprint density at radius 2 is 2.14 bits per heavy atom. The van der Waals surface area contributed by atoms with Gasteiger partial charge in [0.15, 0.2) is 5.82 Å². The second kappa shape index (κ2) is 4.37. The fourth-order valence-corrected chi connectivity index (χ4v) is 1.08. The average molecular weight is 192 g/mol. The van der Waals surface area contributed by atoms with Gasteiger partial charge in [0.25, 0.3) is 11.9 Å². The lowest BCUT2D eigenvalue weighted by Crippen LogP contribution is -2.34. The molecule has 0 radical (unpaired) electrons. The van der Waals surface area contributed by atoms with Crippen LogP contribution in [0, 0.1) is 5.82 Å². The Balaban J connectivity index is 3.24. The van der Waals surface area contributed by atoms with Crippen molar-refractivity contribution in [3.05, 3.63) is 61.2 Å². The number of hydrogen-bond acceptors (Lipinski definition) is 1. The maximum Gasteiger partial charge on any atom is 0.264 e. The highest BCUT2D eigenvalue weighted by Gasteiger charge is 2.13. The Hall–Kier alpha value is -1.90. The van der Waals surface area contributed by atoms with Crippen molar-refractivity contribution < 1.29 is 14.3 Å². The summed E-state index contributed by atoms with van der Waals surface area (Å²) in [4.78, 5) is 0. The molecule has 0 aromatic carbocycles. The number of pyridine rings is 1. The molecule has 0 bridgehead atoms. The molecule has 0 saturated carbocycles. The molecule has 0 spiro atoms. The van der Waals surface area contributed by atoms with Crippen LogP contribution in [0.3, 0.4) is 0 Å². The number of halogens is 1. The topological polar surface area (TPSA) is 24.1 Å². The standard InChI is InChI=1S/C11H11FNO/c1-3-5-9(4-2)11-7-6-10(12)8-13(11)14/h3-8,14H,1-2H2/q+1/b9-5+. The van der Waals surface area contributed by atoms with Gasteiger partial charge in [-0.05, 0) is 12.1 Å². The smallest absolute Gasteiger partial charge is 0.264 e. The molecule has 0 amide bonds. The summed E-state index contributed by atoms with van der Waals surface area (Å²) >= 11 is 0. The number of nitrogens with zero attached hydrogens (tertiary/aromatic N) is 1. The van der Waals surface area contributed by atoms with Crippen LogP contribution in [-0.4, -0.2) is 5.21 Å². The van der Waals surface area contributed by atoms with E-state index in [-0.39, 0.29) is 0 Å². The van der Waals surface area contributed by atoms with E-state index in [1.165, 1.54) is 12.1 Å². The van der Waals surface area contributed by atoms with Crippen molar-refractivity contribution in [2.45, 2.75) is 0 Å². The van der Waals surface area contributed by atoms with E-state index in [2.05, 4.69) is 13.2 Å². The first-order chi connectivity index (χ1) is 6.69. The summed E-state index contributed by atoms with van der Waals surface area (Å²) in [6.07, 6.45) is 5.78. The van der Waals surface area contributed by atoms with E-state index in [4.69, 9.17) is 0 Å². The summed E-state index contributed by atoms with van der Waals surface area (Å²) in [5.41, 5.74) is 1.13. The molecule has 0 aliphatic carbocycles. The van der Waals surface area contributed by atoms with Crippen LogP contribution < -0.4 is 4.73 Å². The highest BCUT2D eigenvalue weighted by molar-refractivity contribution is 5.70. The van der Waals surface area contributed by atoms with Gasteiger partial charge >= 0.3 is 0 Å². The molecule has 2 nitrogen and oxygen atoms in total. The third-order valence-electron chi connectivity index (χ3n) is 1.71. The van der Waals surface area contributed by atoms with Gasteiger partial charge in [0.05, 0.1) is 5.57 Å². The molecular formula is C11H11FNO+. The summed E-state index contributed by atoms with van der Waals surface area (Å²) in [6, 6.07) is 2.73. The van der Waals surface area contributed by atoms with Crippen molar-refractivity contribution in [2.24, 2.45) is 0 Å². The molecule has 1 rings (SSSR count). The van der Waals surface area contributed by atoms with Gasteiger partial charge in [-0.1, -0.05) is 25.3 Å². The zero-order valence-corrected chi connectivity index (χ0v) is 7.65. The van der Waals surface area contributed by atoms with Gasteiger partial charge in [-0.15, -0.1) is 0 Å². The Kier molecular flexibility index (Phi) is 3.18. The van der Waals surface area contributed by atoms with Crippen LogP contribution in [0.1, 0.15) is 5.69 Å². The maximum atomic E-state index is 12.7. The molecule has 0 fully saturated rings. The minimum atomic E-state index is -0.502. The van der Waals surface area contributed by atoms with Crippen LogP contribution >= 0.6 is 0 Å². The van der Waals surface area contributed by atoms with E-state index in [1.54, 1.807) is 18.2 Å². The number of aromatic nitrogens is 1. The van der Waals surface area contributed by atoms with Crippen LogP contribution in [0.5, 0.6) is 0 Å². The summed E-state index contributed by atoms with van der Waals surface area (Å²) in [5.74, 6) is -0.502. The molecule has 0 saturated heterocycles. The zero-order valence-electron chi connectivity index (χ0n) is 7.65. The quantitative estimate of drug-likeness (QED) is 0.442. The van der Waals surface area contributed by atoms with E-state index < -0.39 is 5.82 Å². The summed E-state index contributed by atoms with van der Waals surface area (Å²) in [7, 11) is 0.